The number of aliphatic hydroxyl groups excluding tert-OH is 1. The number of carboxylic acid groups (broad SMARTS) is 1. The van der Waals surface area contributed by atoms with Crippen LogP contribution in [0.2, 0.25) is 0 Å². The molecule has 0 aromatic rings. The van der Waals surface area contributed by atoms with Crippen molar-refractivity contribution in [2.24, 2.45) is 0 Å². The zero-order valence-electron chi connectivity index (χ0n) is 9.72. The van der Waals surface area contributed by atoms with E-state index in [1.54, 1.807) is 0 Å². The van der Waals surface area contributed by atoms with Crippen molar-refractivity contribution in [2.45, 2.75) is 57.3 Å². The van der Waals surface area contributed by atoms with Gasteiger partial charge < -0.3 is 14.9 Å². The molecule has 0 heterocycles. The molecule has 0 bridgehead atoms. The van der Waals surface area contributed by atoms with Gasteiger partial charge in [0.05, 0.1) is 0 Å². The average Bonchev–Trinajstić information content (AvgIpc) is 2.21. The number of rotatable bonds is 3. The second-order valence-corrected chi connectivity index (χ2v) is 4.26. The van der Waals surface area contributed by atoms with Gasteiger partial charge in [0, 0.05) is 0 Å². The first-order chi connectivity index (χ1) is 8.09. The predicted octanol–water partition coefficient (Wildman–Crippen LogP) is 1.23. The standard InChI is InChI=1S/C11H19NO5/c13-9(10(14)15)12-11(16)17-8-6-4-2-1-3-5-7-8/h8-9,13H,1-7H2,(H,12,16)(H,14,15). The zero-order valence-corrected chi connectivity index (χ0v) is 9.72. The average molecular weight is 245 g/mol. The molecule has 0 aromatic carbocycles. The Kier molecular flexibility index (Phi) is 5.76. The number of hydrogen-bond acceptors (Lipinski definition) is 4. The molecule has 0 aromatic heterocycles. The number of ether oxygens (including phenoxy) is 1. The summed E-state index contributed by atoms with van der Waals surface area (Å²) in [5.41, 5.74) is 0. The number of aliphatic carboxylic acids is 1. The molecule has 1 atom stereocenters. The van der Waals surface area contributed by atoms with Crippen LogP contribution in [0.3, 0.4) is 0 Å². The molecule has 98 valence electrons. The quantitative estimate of drug-likeness (QED) is 0.650. The van der Waals surface area contributed by atoms with E-state index in [4.69, 9.17) is 14.9 Å². The molecule has 1 fully saturated rings. The molecule has 3 N–H and O–H groups in total. The SMILES string of the molecule is O=C(NC(O)C(=O)O)OC1CCCCCCC1. The molecule has 6 heteroatoms. The summed E-state index contributed by atoms with van der Waals surface area (Å²) >= 11 is 0. The van der Waals surface area contributed by atoms with Gasteiger partial charge in [0.25, 0.3) is 0 Å². The molecular weight excluding hydrogens is 226 g/mol. The van der Waals surface area contributed by atoms with E-state index in [0.29, 0.717) is 0 Å². The van der Waals surface area contributed by atoms with E-state index in [1.165, 1.54) is 6.42 Å². The van der Waals surface area contributed by atoms with E-state index < -0.39 is 18.3 Å². The molecule has 0 aliphatic heterocycles. The smallest absolute Gasteiger partial charge is 0.409 e. The van der Waals surface area contributed by atoms with E-state index in [0.717, 1.165) is 38.5 Å². The number of carbonyl (C=O) groups excluding carboxylic acids is 1. The van der Waals surface area contributed by atoms with Crippen molar-refractivity contribution in [1.82, 2.24) is 5.32 Å². The largest absolute Gasteiger partial charge is 0.478 e. The van der Waals surface area contributed by atoms with Gasteiger partial charge in [-0.05, 0) is 25.7 Å². The summed E-state index contributed by atoms with van der Waals surface area (Å²) < 4.78 is 5.07. The lowest BCUT2D eigenvalue weighted by Gasteiger charge is -2.20. The summed E-state index contributed by atoms with van der Waals surface area (Å²) in [5, 5.41) is 19.2. The van der Waals surface area contributed by atoms with Crippen LogP contribution in [-0.4, -0.2) is 34.6 Å². The van der Waals surface area contributed by atoms with Crippen LogP contribution >= 0.6 is 0 Å². The first kappa shape index (κ1) is 13.8. The molecular formula is C11H19NO5. The maximum absolute atomic E-state index is 11.3. The first-order valence-corrected chi connectivity index (χ1v) is 5.97. The molecule has 1 unspecified atom stereocenters. The molecule has 17 heavy (non-hydrogen) atoms. The van der Waals surface area contributed by atoms with E-state index in [-0.39, 0.29) is 6.10 Å². The molecule has 0 radical (unpaired) electrons. The highest BCUT2D eigenvalue weighted by atomic mass is 16.6. The number of aliphatic hydroxyl groups is 1. The molecule has 1 rings (SSSR count). The lowest BCUT2D eigenvalue weighted by atomic mass is 9.99. The highest BCUT2D eigenvalue weighted by Gasteiger charge is 2.20. The molecule has 1 aliphatic rings. The Bertz CT molecular complexity index is 261. The van der Waals surface area contributed by atoms with Crippen molar-refractivity contribution in [3.63, 3.8) is 0 Å². The summed E-state index contributed by atoms with van der Waals surface area (Å²) in [6.45, 7) is 0. The molecule has 6 nitrogen and oxygen atoms in total. The highest BCUT2D eigenvalue weighted by molar-refractivity contribution is 5.78. The van der Waals surface area contributed by atoms with Crippen LogP contribution in [0.5, 0.6) is 0 Å². The van der Waals surface area contributed by atoms with Crippen LogP contribution < -0.4 is 5.32 Å². The molecule has 1 saturated carbocycles. The Balaban J connectivity index is 2.30. The maximum Gasteiger partial charge on any atom is 0.409 e. The zero-order chi connectivity index (χ0) is 12.7. The third-order valence-corrected chi connectivity index (χ3v) is 2.81. The van der Waals surface area contributed by atoms with Crippen LogP contribution in [0.15, 0.2) is 0 Å². The number of amides is 1. The Morgan fingerprint density at radius 2 is 1.65 bits per heavy atom. The van der Waals surface area contributed by atoms with Crippen molar-refractivity contribution >= 4 is 12.1 Å². The third kappa shape index (κ3) is 5.53. The summed E-state index contributed by atoms with van der Waals surface area (Å²) in [4.78, 5) is 21.6. The summed E-state index contributed by atoms with van der Waals surface area (Å²) in [6.07, 6.45) is 4.18. The lowest BCUT2D eigenvalue weighted by molar-refractivity contribution is -0.148. The van der Waals surface area contributed by atoms with Crippen LogP contribution in [-0.2, 0) is 9.53 Å². The molecule has 1 amide bonds. The van der Waals surface area contributed by atoms with Gasteiger partial charge in [-0.1, -0.05) is 19.3 Å². The Labute approximate surface area is 100.0 Å². The summed E-state index contributed by atoms with van der Waals surface area (Å²) in [5.74, 6) is -1.50. The topological polar surface area (TPSA) is 95.9 Å². The van der Waals surface area contributed by atoms with E-state index in [9.17, 15) is 9.59 Å². The minimum atomic E-state index is -1.91. The Hall–Kier alpha value is -1.30. The third-order valence-electron chi connectivity index (χ3n) is 2.81. The van der Waals surface area contributed by atoms with Crippen LogP contribution in [0.4, 0.5) is 4.79 Å². The van der Waals surface area contributed by atoms with Crippen molar-refractivity contribution in [2.75, 3.05) is 0 Å². The van der Waals surface area contributed by atoms with E-state index in [1.807, 2.05) is 5.32 Å². The second-order valence-electron chi connectivity index (χ2n) is 4.26. The number of hydrogen-bond donors (Lipinski definition) is 3. The van der Waals surface area contributed by atoms with E-state index in [2.05, 4.69) is 0 Å². The second kappa shape index (κ2) is 7.11. The van der Waals surface area contributed by atoms with Crippen molar-refractivity contribution in [3.05, 3.63) is 0 Å². The number of nitrogens with one attached hydrogen (secondary N) is 1. The lowest BCUT2D eigenvalue weighted by Crippen LogP contribution is -2.42. The van der Waals surface area contributed by atoms with Gasteiger partial charge in [0.2, 0.25) is 6.23 Å². The summed E-state index contributed by atoms with van der Waals surface area (Å²) in [6, 6.07) is 0. The minimum absolute atomic E-state index is 0.170. The van der Waals surface area contributed by atoms with Crippen LogP contribution in [0.1, 0.15) is 44.9 Å². The monoisotopic (exact) mass is 245 g/mol. The predicted molar refractivity (Wildman–Crippen MR) is 59.4 cm³/mol. The van der Waals surface area contributed by atoms with Crippen molar-refractivity contribution in [3.8, 4) is 0 Å². The molecule has 0 spiro atoms. The molecule has 0 saturated heterocycles. The fourth-order valence-electron chi connectivity index (χ4n) is 1.90. The number of carboxylic acids is 1. The van der Waals surface area contributed by atoms with Crippen LogP contribution in [0, 0.1) is 0 Å². The van der Waals surface area contributed by atoms with Gasteiger partial charge in [-0.15, -0.1) is 0 Å². The van der Waals surface area contributed by atoms with Crippen molar-refractivity contribution in [1.29, 1.82) is 0 Å². The summed E-state index contributed by atoms with van der Waals surface area (Å²) in [7, 11) is 0. The van der Waals surface area contributed by atoms with Crippen LogP contribution in [0.25, 0.3) is 0 Å². The van der Waals surface area contributed by atoms with Gasteiger partial charge in [0.15, 0.2) is 0 Å². The highest BCUT2D eigenvalue weighted by Crippen LogP contribution is 2.19. The van der Waals surface area contributed by atoms with Gasteiger partial charge in [-0.25, -0.2) is 9.59 Å². The van der Waals surface area contributed by atoms with Gasteiger partial charge in [-0.3, -0.25) is 5.32 Å². The number of alkyl carbamates (subject to hydrolysis) is 1. The van der Waals surface area contributed by atoms with Gasteiger partial charge >= 0.3 is 12.1 Å². The first-order valence-electron chi connectivity index (χ1n) is 5.97. The Morgan fingerprint density at radius 1 is 1.12 bits per heavy atom. The normalized spacial score (nSPS) is 19.8. The fraction of sp³-hybridized carbons (Fsp3) is 0.818. The van der Waals surface area contributed by atoms with Gasteiger partial charge in [0.1, 0.15) is 6.10 Å². The number of carbonyl (C=O) groups is 2. The van der Waals surface area contributed by atoms with Gasteiger partial charge in [-0.2, -0.15) is 0 Å². The molecule has 1 aliphatic carbocycles. The van der Waals surface area contributed by atoms with Crippen molar-refractivity contribution < 1.29 is 24.5 Å². The van der Waals surface area contributed by atoms with E-state index >= 15 is 0 Å². The maximum atomic E-state index is 11.3. The minimum Gasteiger partial charge on any atom is -0.478 e. The Morgan fingerprint density at radius 3 is 2.18 bits per heavy atom. The fourth-order valence-corrected chi connectivity index (χ4v) is 1.90.